The van der Waals surface area contributed by atoms with Crippen molar-refractivity contribution in [1.82, 2.24) is 4.90 Å². The SMILES string of the molecule is CCN1CC=C2C(C#N)C(=N)C(C#N)(C#N)[C@@H](CCc3ccccc3)[C@H]2C1. The van der Waals surface area contributed by atoms with Gasteiger partial charge >= 0.3 is 0 Å². The fraction of sp³-hybridized carbons (Fsp3) is 0.455. The molecule has 0 bridgehead atoms. The van der Waals surface area contributed by atoms with Crippen LogP contribution in [0, 0.1) is 62.6 Å². The molecule has 1 fully saturated rings. The zero-order valence-corrected chi connectivity index (χ0v) is 15.5. The number of rotatable bonds is 4. The van der Waals surface area contributed by atoms with E-state index in [4.69, 9.17) is 5.41 Å². The van der Waals surface area contributed by atoms with E-state index in [1.165, 1.54) is 0 Å². The number of benzene rings is 1. The molecule has 0 radical (unpaired) electrons. The van der Waals surface area contributed by atoms with Gasteiger partial charge in [0.1, 0.15) is 5.92 Å². The summed E-state index contributed by atoms with van der Waals surface area (Å²) in [5.74, 6) is -1.09. The van der Waals surface area contributed by atoms with Crippen molar-refractivity contribution in [3.05, 3.63) is 47.5 Å². The van der Waals surface area contributed by atoms with Gasteiger partial charge in [-0.05, 0) is 36.4 Å². The quantitative estimate of drug-likeness (QED) is 0.836. The van der Waals surface area contributed by atoms with Crippen LogP contribution >= 0.6 is 0 Å². The third-order valence-electron chi connectivity index (χ3n) is 6.07. The van der Waals surface area contributed by atoms with E-state index in [1.54, 1.807) is 0 Å². The molecule has 2 aliphatic rings. The van der Waals surface area contributed by atoms with Crippen LogP contribution in [0.3, 0.4) is 0 Å². The average Bonchev–Trinajstić information content (AvgIpc) is 2.72. The molecule has 3 atom stereocenters. The van der Waals surface area contributed by atoms with E-state index in [9.17, 15) is 15.8 Å². The number of hydrogen-bond donors (Lipinski definition) is 1. The van der Waals surface area contributed by atoms with Gasteiger partial charge in [0.25, 0.3) is 0 Å². The Morgan fingerprint density at radius 1 is 1.19 bits per heavy atom. The summed E-state index contributed by atoms with van der Waals surface area (Å²) in [6.45, 7) is 4.46. The number of nitrogens with zero attached hydrogens (tertiary/aromatic N) is 4. The van der Waals surface area contributed by atoms with Crippen molar-refractivity contribution in [2.45, 2.75) is 19.8 Å². The molecule has 1 heterocycles. The van der Waals surface area contributed by atoms with Gasteiger partial charge in [-0.1, -0.05) is 43.3 Å². The molecule has 5 heteroatoms. The summed E-state index contributed by atoms with van der Waals surface area (Å²) in [4.78, 5) is 2.27. The molecule has 1 aromatic carbocycles. The number of fused-ring (bicyclic) bond motifs is 1. The number of aryl methyl sites for hydroxylation is 1. The molecule has 1 aliphatic heterocycles. The number of nitriles is 3. The van der Waals surface area contributed by atoms with E-state index in [0.29, 0.717) is 6.42 Å². The van der Waals surface area contributed by atoms with Crippen LogP contribution in [-0.4, -0.2) is 30.2 Å². The first kappa shape index (κ1) is 18.8. The number of likely N-dealkylation sites (N-methyl/N-ethyl adjacent to an activating group) is 1. The first-order valence-electron chi connectivity index (χ1n) is 9.38. The number of nitrogens with one attached hydrogen (secondary N) is 1. The van der Waals surface area contributed by atoms with Crippen LogP contribution < -0.4 is 0 Å². The highest BCUT2D eigenvalue weighted by Crippen LogP contribution is 2.50. The summed E-state index contributed by atoms with van der Waals surface area (Å²) in [6.07, 6.45) is 3.44. The lowest BCUT2D eigenvalue weighted by atomic mass is 9.55. The van der Waals surface area contributed by atoms with Crippen LogP contribution in [0.25, 0.3) is 0 Å². The van der Waals surface area contributed by atoms with Crippen molar-refractivity contribution < 1.29 is 0 Å². The molecule has 1 saturated carbocycles. The summed E-state index contributed by atoms with van der Waals surface area (Å²) in [5.41, 5.74) is 0.519. The molecule has 136 valence electrons. The Bertz CT molecular complexity index is 851. The number of hydrogen-bond acceptors (Lipinski definition) is 5. The smallest absolute Gasteiger partial charge is 0.185 e. The van der Waals surface area contributed by atoms with Crippen LogP contribution in [-0.2, 0) is 6.42 Å². The Kier molecular flexibility index (Phi) is 5.41. The van der Waals surface area contributed by atoms with Crippen molar-refractivity contribution in [2.24, 2.45) is 23.2 Å². The largest absolute Gasteiger partial charge is 0.305 e. The van der Waals surface area contributed by atoms with E-state index in [0.717, 1.165) is 37.2 Å². The molecule has 1 unspecified atom stereocenters. The Labute approximate surface area is 160 Å². The maximum atomic E-state index is 9.95. The maximum Gasteiger partial charge on any atom is 0.185 e. The predicted molar refractivity (Wildman–Crippen MR) is 102 cm³/mol. The summed E-state index contributed by atoms with van der Waals surface area (Å²) in [6, 6.07) is 16.5. The minimum atomic E-state index is -1.53. The Morgan fingerprint density at radius 3 is 2.48 bits per heavy atom. The molecule has 0 spiro atoms. The van der Waals surface area contributed by atoms with Crippen LogP contribution in [0.2, 0.25) is 0 Å². The molecule has 0 aromatic heterocycles. The molecule has 27 heavy (non-hydrogen) atoms. The zero-order valence-electron chi connectivity index (χ0n) is 15.5. The molecule has 0 saturated heterocycles. The molecule has 1 aromatic rings. The van der Waals surface area contributed by atoms with Gasteiger partial charge in [-0.15, -0.1) is 0 Å². The van der Waals surface area contributed by atoms with Gasteiger partial charge in [0, 0.05) is 19.0 Å². The second-order valence-corrected chi connectivity index (χ2v) is 7.30. The lowest BCUT2D eigenvalue weighted by Crippen LogP contribution is -2.54. The second kappa shape index (κ2) is 7.75. The van der Waals surface area contributed by atoms with E-state index >= 15 is 0 Å². The maximum absolute atomic E-state index is 9.95. The van der Waals surface area contributed by atoms with Gasteiger partial charge in [0.05, 0.1) is 23.9 Å². The van der Waals surface area contributed by atoms with Crippen molar-refractivity contribution >= 4 is 5.71 Å². The third-order valence-corrected chi connectivity index (χ3v) is 6.07. The normalized spacial score (nSPS) is 26.8. The van der Waals surface area contributed by atoms with Gasteiger partial charge in [-0.3, -0.25) is 4.90 Å². The summed E-state index contributed by atoms with van der Waals surface area (Å²) in [5, 5.41) is 38.1. The van der Waals surface area contributed by atoms with Gasteiger partial charge in [0.2, 0.25) is 0 Å². The minimum absolute atomic E-state index is 0.0412. The Balaban J connectivity index is 2.02. The molecular weight excluding hydrogens is 334 g/mol. The fourth-order valence-corrected chi connectivity index (χ4v) is 4.52. The first-order valence-corrected chi connectivity index (χ1v) is 9.38. The molecule has 0 amide bonds. The fourth-order valence-electron chi connectivity index (χ4n) is 4.52. The highest BCUT2D eigenvalue weighted by atomic mass is 15.1. The topological polar surface area (TPSA) is 98.5 Å². The molecule has 3 rings (SSSR count). The highest BCUT2D eigenvalue weighted by molar-refractivity contribution is 6.00. The van der Waals surface area contributed by atoms with E-state index < -0.39 is 11.3 Å². The van der Waals surface area contributed by atoms with E-state index in [1.807, 2.05) is 36.4 Å². The van der Waals surface area contributed by atoms with Crippen LogP contribution in [0.4, 0.5) is 0 Å². The molecular formula is C22H23N5. The van der Waals surface area contributed by atoms with Gasteiger partial charge in [-0.2, -0.15) is 15.8 Å². The lowest BCUT2D eigenvalue weighted by molar-refractivity contribution is 0.165. The standard InChI is InChI=1S/C22H23N5/c1-2-27-11-10-17-18(12-23)21(26)22(14-24,15-25)20(19(17)13-27)9-8-16-6-4-3-5-7-16/h3-7,10,18-20,26H,2,8-9,11,13H2,1H3/t18?,19-,20-/m0/s1. The van der Waals surface area contributed by atoms with E-state index in [2.05, 4.69) is 30.0 Å². The van der Waals surface area contributed by atoms with Crippen molar-refractivity contribution in [1.29, 1.82) is 21.2 Å². The molecule has 1 N–H and O–H groups in total. The zero-order chi connectivity index (χ0) is 19.4. The first-order chi connectivity index (χ1) is 13.1. The molecule has 1 aliphatic carbocycles. The third kappa shape index (κ3) is 3.14. The minimum Gasteiger partial charge on any atom is -0.305 e. The van der Waals surface area contributed by atoms with Crippen LogP contribution in [0.15, 0.2) is 42.0 Å². The average molecular weight is 357 g/mol. The van der Waals surface area contributed by atoms with E-state index in [-0.39, 0.29) is 17.5 Å². The van der Waals surface area contributed by atoms with Crippen LogP contribution in [0.5, 0.6) is 0 Å². The summed E-state index contributed by atoms with van der Waals surface area (Å²) >= 11 is 0. The lowest BCUT2D eigenvalue weighted by Gasteiger charge is -2.47. The van der Waals surface area contributed by atoms with Crippen molar-refractivity contribution in [2.75, 3.05) is 19.6 Å². The second-order valence-electron chi connectivity index (χ2n) is 7.30. The summed E-state index contributed by atoms with van der Waals surface area (Å²) in [7, 11) is 0. The van der Waals surface area contributed by atoms with Gasteiger partial charge in [0.15, 0.2) is 5.41 Å². The Morgan fingerprint density at radius 2 is 1.89 bits per heavy atom. The van der Waals surface area contributed by atoms with Crippen molar-refractivity contribution in [3.63, 3.8) is 0 Å². The van der Waals surface area contributed by atoms with Gasteiger partial charge in [-0.25, -0.2) is 0 Å². The van der Waals surface area contributed by atoms with Crippen molar-refractivity contribution in [3.8, 4) is 18.2 Å². The highest BCUT2D eigenvalue weighted by Gasteiger charge is 2.56. The monoisotopic (exact) mass is 357 g/mol. The van der Waals surface area contributed by atoms with Crippen LogP contribution in [0.1, 0.15) is 18.9 Å². The molecule has 5 nitrogen and oxygen atoms in total. The predicted octanol–water partition coefficient (Wildman–Crippen LogP) is 3.32. The summed E-state index contributed by atoms with van der Waals surface area (Å²) < 4.78 is 0. The Hall–Kier alpha value is -2.94. The van der Waals surface area contributed by atoms with Gasteiger partial charge < -0.3 is 5.41 Å².